The van der Waals surface area contributed by atoms with E-state index in [2.05, 4.69) is 4.90 Å². The Labute approximate surface area is 114 Å². The minimum Gasteiger partial charge on any atom is -0.478 e. The highest BCUT2D eigenvalue weighted by atomic mass is 16.4. The van der Waals surface area contributed by atoms with Gasteiger partial charge >= 0.3 is 11.9 Å². The molecule has 0 radical (unpaired) electrons. The van der Waals surface area contributed by atoms with E-state index in [1.807, 2.05) is 6.92 Å². The van der Waals surface area contributed by atoms with Gasteiger partial charge in [0.2, 0.25) is 0 Å². The molecule has 5 nitrogen and oxygen atoms in total. The minimum absolute atomic E-state index is 0.359. The van der Waals surface area contributed by atoms with Crippen LogP contribution in [-0.4, -0.2) is 46.7 Å². The van der Waals surface area contributed by atoms with Crippen molar-refractivity contribution >= 4 is 11.9 Å². The molecule has 0 aromatic rings. The van der Waals surface area contributed by atoms with Crippen molar-refractivity contribution in [3.8, 4) is 0 Å². The summed E-state index contributed by atoms with van der Waals surface area (Å²) < 4.78 is 0. The fraction of sp³-hybridized carbons (Fsp3) is 0.571. The van der Waals surface area contributed by atoms with Crippen molar-refractivity contribution in [2.75, 3.05) is 19.6 Å². The minimum atomic E-state index is -0.886. The van der Waals surface area contributed by atoms with Gasteiger partial charge in [-0.15, -0.1) is 0 Å². The topological polar surface area (TPSA) is 77.8 Å². The van der Waals surface area contributed by atoms with Crippen molar-refractivity contribution in [2.24, 2.45) is 0 Å². The molecule has 0 bridgehead atoms. The molecule has 0 unspecified atom stereocenters. The second kappa shape index (κ2) is 9.33. The Bertz CT molecular complexity index is 338. The zero-order valence-electron chi connectivity index (χ0n) is 11.8. The third-order valence-electron chi connectivity index (χ3n) is 2.91. The van der Waals surface area contributed by atoms with E-state index in [0.717, 1.165) is 19.6 Å². The fourth-order valence-electron chi connectivity index (χ4n) is 1.53. The third-order valence-corrected chi connectivity index (χ3v) is 2.91. The van der Waals surface area contributed by atoms with Gasteiger partial charge in [-0.3, -0.25) is 0 Å². The van der Waals surface area contributed by atoms with E-state index in [0.29, 0.717) is 24.0 Å². The highest BCUT2D eigenvalue weighted by molar-refractivity contribution is 5.86. The zero-order valence-corrected chi connectivity index (χ0v) is 11.8. The number of nitrogens with zero attached hydrogens (tertiary/aromatic N) is 1. The number of rotatable bonds is 9. The lowest BCUT2D eigenvalue weighted by atomic mass is 10.2. The number of carboxylic acid groups (broad SMARTS) is 2. The largest absolute Gasteiger partial charge is 0.478 e. The van der Waals surface area contributed by atoms with Crippen LogP contribution in [0.4, 0.5) is 0 Å². The Morgan fingerprint density at radius 3 is 1.58 bits per heavy atom. The molecule has 0 saturated heterocycles. The molecule has 2 N–H and O–H groups in total. The van der Waals surface area contributed by atoms with Crippen molar-refractivity contribution < 1.29 is 19.8 Å². The maximum atomic E-state index is 10.6. The van der Waals surface area contributed by atoms with Crippen molar-refractivity contribution in [1.82, 2.24) is 4.90 Å². The molecule has 108 valence electrons. The molecule has 0 amide bonds. The Hall–Kier alpha value is -1.62. The quantitative estimate of drug-likeness (QED) is 0.627. The maximum Gasteiger partial charge on any atom is 0.330 e. The number of carboxylic acids is 2. The van der Waals surface area contributed by atoms with Gasteiger partial charge < -0.3 is 15.1 Å². The summed E-state index contributed by atoms with van der Waals surface area (Å²) in [4.78, 5) is 23.4. The number of hydrogen-bond donors (Lipinski definition) is 2. The van der Waals surface area contributed by atoms with Crippen molar-refractivity contribution in [3.63, 3.8) is 0 Å². The molecule has 19 heavy (non-hydrogen) atoms. The van der Waals surface area contributed by atoms with Gasteiger partial charge in [-0.1, -0.05) is 19.1 Å². The van der Waals surface area contributed by atoms with E-state index in [1.165, 1.54) is 0 Å². The molecule has 0 rings (SSSR count). The predicted molar refractivity (Wildman–Crippen MR) is 74.1 cm³/mol. The molecule has 0 atom stereocenters. The van der Waals surface area contributed by atoms with Gasteiger partial charge in [0.1, 0.15) is 0 Å². The number of aliphatic carboxylic acids is 2. The lowest BCUT2D eigenvalue weighted by Crippen LogP contribution is -2.25. The third kappa shape index (κ3) is 8.15. The normalized spacial score (nSPS) is 12.8. The van der Waals surface area contributed by atoms with Crippen LogP contribution < -0.4 is 0 Å². The van der Waals surface area contributed by atoms with Crippen LogP contribution in [-0.2, 0) is 9.59 Å². The van der Waals surface area contributed by atoms with Gasteiger partial charge in [0.05, 0.1) is 0 Å². The lowest BCUT2D eigenvalue weighted by Gasteiger charge is -2.18. The van der Waals surface area contributed by atoms with Crippen LogP contribution in [0.5, 0.6) is 0 Å². The first-order valence-corrected chi connectivity index (χ1v) is 6.41. The highest BCUT2D eigenvalue weighted by Gasteiger charge is 2.03. The molecule has 0 fully saturated rings. The average molecular weight is 269 g/mol. The van der Waals surface area contributed by atoms with Gasteiger partial charge in [0, 0.05) is 24.2 Å². The Morgan fingerprint density at radius 2 is 1.32 bits per heavy atom. The summed E-state index contributed by atoms with van der Waals surface area (Å²) in [7, 11) is 0. The van der Waals surface area contributed by atoms with E-state index in [4.69, 9.17) is 10.2 Å². The van der Waals surface area contributed by atoms with Gasteiger partial charge in [-0.05, 0) is 33.2 Å². The molecule has 5 heteroatoms. The molecular formula is C14H23NO4. The molecule has 0 aliphatic rings. The second-order valence-corrected chi connectivity index (χ2v) is 4.40. The van der Waals surface area contributed by atoms with Crippen LogP contribution in [0.25, 0.3) is 0 Å². The molecule has 0 aromatic carbocycles. The smallest absolute Gasteiger partial charge is 0.330 e. The average Bonchev–Trinajstić information content (AvgIpc) is 2.35. The standard InChI is InChI=1S/C14H23NO4/c1-4-15(9-5-7-11(2)13(16)17)10-6-8-12(3)14(18)19/h7-8H,4-6,9-10H2,1-3H3,(H,16,17)(H,18,19)/b11-7+,12-8+. The molecule has 0 heterocycles. The Balaban J connectivity index is 4.10. The molecule has 0 aromatic heterocycles. The van der Waals surface area contributed by atoms with Gasteiger partial charge in [0.15, 0.2) is 0 Å². The molecule has 0 saturated carbocycles. The van der Waals surface area contributed by atoms with Crippen LogP contribution in [0.15, 0.2) is 23.3 Å². The molecule has 0 spiro atoms. The fourth-order valence-corrected chi connectivity index (χ4v) is 1.53. The summed E-state index contributed by atoms with van der Waals surface area (Å²) >= 11 is 0. The van der Waals surface area contributed by atoms with Crippen molar-refractivity contribution in [2.45, 2.75) is 33.6 Å². The number of hydrogen-bond acceptors (Lipinski definition) is 3. The first kappa shape index (κ1) is 17.4. The second-order valence-electron chi connectivity index (χ2n) is 4.40. The summed E-state index contributed by atoms with van der Waals surface area (Å²) in [5.74, 6) is -1.77. The van der Waals surface area contributed by atoms with Gasteiger partial charge in [0.25, 0.3) is 0 Å². The summed E-state index contributed by atoms with van der Waals surface area (Å²) in [6.07, 6.45) is 4.80. The van der Waals surface area contributed by atoms with E-state index in [1.54, 1.807) is 26.0 Å². The van der Waals surface area contributed by atoms with Crippen LogP contribution in [0.2, 0.25) is 0 Å². The monoisotopic (exact) mass is 269 g/mol. The molecule has 0 aliphatic carbocycles. The van der Waals surface area contributed by atoms with Crippen LogP contribution in [0.1, 0.15) is 33.6 Å². The highest BCUT2D eigenvalue weighted by Crippen LogP contribution is 2.01. The SMILES string of the molecule is CCN(CC/C=C(\C)C(=O)O)CC/C=C(\C)C(=O)O. The summed E-state index contributed by atoms with van der Waals surface area (Å²) in [6, 6.07) is 0. The van der Waals surface area contributed by atoms with Gasteiger partial charge in [-0.25, -0.2) is 9.59 Å². The van der Waals surface area contributed by atoms with Crippen molar-refractivity contribution in [3.05, 3.63) is 23.3 Å². The summed E-state index contributed by atoms with van der Waals surface area (Å²) in [6.45, 7) is 7.61. The Kier molecular flexibility index (Phi) is 8.53. The summed E-state index contributed by atoms with van der Waals surface area (Å²) in [5.41, 5.74) is 0.718. The van der Waals surface area contributed by atoms with E-state index in [9.17, 15) is 9.59 Å². The lowest BCUT2D eigenvalue weighted by molar-refractivity contribution is -0.133. The van der Waals surface area contributed by atoms with E-state index < -0.39 is 11.9 Å². The molecule has 0 aliphatic heterocycles. The molecular weight excluding hydrogens is 246 g/mol. The van der Waals surface area contributed by atoms with Crippen LogP contribution in [0, 0.1) is 0 Å². The first-order valence-electron chi connectivity index (χ1n) is 6.41. The van der Waals surface area contributed by atoms with E-state index in [-0.39, 0.29) is 0 Å². The zero-order chi connectivity index (χ0) is 14.8. The first-order chi connectivity index (χ1) is 8.88. The maximum absolute atomic E-state index is 10.6. The van der Waals surface area contributed by atoms with E-state index >= 15 is 0 Å². The van der Waals surface area contributed by atoms with Crippen LogP contribution in [0.3, 0.4) is 0 Å². The predicted octanol–water partition coefficient (Wildman–Crippen LogP) is 2.15. The summed E-state index contributed by atoms with van der Waals surface area (Å²) in [5, 5.41) is 17.4. The van der Waals surface area contributed by atoms with Gasteiger partial charge in [-0.2, -0.15) is 0 Å². The Morgan fingerprint density at radius 1 is 0.947 bits per heavy atom. The van der Waals surface area contributed by atoms with Crippen molar-refractivity contribution in [1.29, 1.82) is 0 Å². The number of carbonyl (C=O) groups is 2. The van der Waals surface area contributed by atoms with Crippen LogP contribution >= 0.6 is 0 Å².